The second-order valence-corrected chi connectivity index (χ2v) is 5.84. The molecule has 2 N–H and O–H groups in total. The highest BCUT2D eigenvalue weighted by molar-refractivity contribution is 14.1. The summed E-state index contributed by atoms with van der Waals surface area (Å²) in [6, 6.07) is 3.56. The fourth-order valence-corrected chi connectivity index (χ4v) is 2.88. The summed E-state index contributed by atoms with van der Waals surface area (Å²) >= 11 is 2.10. The average Bonchev–Trinajstić information content (AvgIpc) is 2.52. The Morgan fingerprint density at radius 3 is 2.72 bits per heavy atom. The molecule has 0 fully saturated rings. The summed E-state index contributed by atoms with van der Waals surface area (Å²) < 4.78 is 11.6. The van der Waals surface area contributed by atoms with Crippen molar-refractivity contribution in [1.82, 2.24) is 9.97 Å². The van der Waals surface area contributed by atoms with Crippen molar-refractivity contribution in [2.75, 3.05) is 13.7 Å². The molecule has 0 saturated carbocycles. The number of aromatic hydroxyl groups is 1. The van der Waals surface area contributed by atoms with E-state index in [9.17, 15) is 20.0 Å². The van der Waals surface area contributed by atoms with Gasteiger partial charge in [-0.15, -0.1) is 0 Å². The molecule has 1 aromatic carbocycles. The first-order valence-corrected chi connectivity index (χ1v) is 8.11. The number of hydrogen-bond donors (Lipinski definition) is 2. The lowest BCUT2D eigenvalue weighted by Gasteiger charge is -2.12. The lowest BCUT2D eigenvalue weighted by Crippen LogP contribution is -2.14. The molecule has 0 spiro atoms. The van der Waals surface area contributed by atoms with Crippen LogP contribution in [0.3, 0.4) is 0 Å². The van der Waals surface area contributed by atoms with Gasteiger partial charge in [0.15, 0.2) is 11.5 Å². The van der Waals surface area contributed by atoms with Gasteiger partial charge in [-0.1, -0.05) is 6.08 Å². The number of nitrogens with zero attached hydrogens (tertiary/aromatic N) is 2. The third-order valence-electron chi connectivity index (χ3n) is 3.05. The summed E-state index contributed by atoms with van der Waals surface area (Å²) in [5.74, 6) is 0.216. The average molecular weight is 459 g/mol. The summed E-state index contributed by atoms with van der Waals surface area (Å²) in [6.07, 6.45) is 3.03. The van der Waals surface area contributed by atoms with Gasteiger partial charge in [0, 0.05) is 0 Å². The third-order valence-corrected chi connectivity index (χ3v) is 3.85. The van der Waals surface area contributed by atoms with Crippen molar-refractivity contribution in [3.63, 3.8) is 0 Å². The van der Waals surface area contributed by atoms with Gasteiger partial charge in [0.2, 0.25) is 0 Å². The molecular weight excluding hydrogens is 445 g/mol. The number of methoxy groups -OCH3 is 1. The molecule has 0 radical (unpaired) electrons. The van der Waals surface area contributed by atoms with Crippen molar-refractivity contribution in [3.8, 4) is 17.4 Å². The van der Waals surface area contributed by atoms with E-state index in [1.165, 1.54) is 6.08 Å². The molecule has 25 heavy (non-hydrogen) atoms. The molecule has 0 amide bonds. The Balaban J connectivity index is 2.40. The number of H-pyrrole nitrogens is 1. The van der Waals surface area contributed by atoms with E-state index in [2.05, 4.69) is 32.6 Å². The van der Waals surface area contributed by atoms with Crippen molar-refractivity contribution < 1.29 is 19.5 Å². The smallest absolute Gasteiger partial charge is 0.395 e. The summed E-state index contributed by atoms with van der Waals surface area (Å²) in [4.78, 5) is 27.1. The SMILES string of the molecule is CCOc1cc(/C=C\c2nc(O)c([N+](=O)[O-])c(=O)[nH]2)cc(I)c1OC. The van der Waals surface area contributed by atoms with Crippen LogP contribution in [0.2, 0.25) is 0 Å². The Bertz CT molecular complexity index is 894. The Hall–Kier alpha value is -2.63. The summed E-state index contributed by atoms with van der Waals surface area (Å²) in [7, 11) is 1.55. The van der Waals surface area contributed by atoms with Crippen LogP contribution in [0.1, 0.15) is 18.3 Å². The predicted molar refractivity (Wildman–Crippen MR) is 99.0 cm³/mol. The zero-order valence-electron chi connectivity index (χ0n) is 13.3. The number of aromatic nitrogens is 2. The van der Waals surface area contributed by atoms with Crippen molar-refractivity contribution in [2.24, 2.45) is 0 Å². The van der Waals surface area contributed by atoms with E-state index in [4.69, 9.17) is 9.47 Å². The first-order valence-electron chi connectivity index (χ1n) is 7.03. The van der Waals surface area contributed by atoms with Crippen molar-refractivity contribution in [1.29, 1.82) is 0 Å². The quantitative estimate of drug-likeness (QED) is 0.386. The highest BCUT2D eigenvalue weighted by Crippen LogP contribution is 2.34. The van der Waals surface area contributed by atoms with Crippen molar-refractivity contribution >= 4 is 40.4 Å². The summed E-state index contributed by atoms with van der Waals surface area (Å²) in [6.45, 7) is 2.31. The Kier molecular flexibility index (Phi) is 5.96. The molecule has 0 unspecified atom stereocenters. The van der Waals surface area contributed by atoms with E-state index in [1.807, 2.05) is 13.0 Å². The minimum Gasteiger partial charge on any atom is -0.492 e. The van der Waals surface area contributed by atoms with Crippen LogP contribution in [0.15, 0.2) is 16.9 Å². The maximum absolute atomic E-state index is 11.6. The zero-order chi connectivity index (χ0) is 18.6. The molecule has 0 aliphatic heterocycles. The topological polar surface area (TPSA) is 128 Å². The molecule has 0 saturated heterocycles. The Labute approximate surface area is 155 Å². The molecule has 2 rings (SSSR count). The normalized spacial score (nSPS) is 10.8. The van der Waals surface area contributed by atoms with Gasteiger partial charge in [-0.3, -0.25) is 14.9 Å². The van der Waals surface area contributed by atoms with E-state index in [1.54, 1.807) is 19.3 Å². The maximum Gasteiger partial charge on any atom is 0.395 e. The van der Waals surface area contributed by atoms with E-state index >= 15 is 0 Å². The number of nitrogens with one attached hydrogen (secondary N) is 1. The standard InChI is InChI=1S/C15H14IN3O6/c1-3-25-10-7-8(6-9(16)13(10)24-2)4-5-11-17-14(20)12(19(22)23)15(21)18-11/h4-7H,3H2,1-2H3,(H2,17,18,20,21)/b5-4-. The number of hydrogen-bond acceptors (Lipinski definition) is 7. The molecule has 9 nitrogen and oxygen atoms in total. The second kappa shape index (κ2) is 7.96. The molecule has 10 heteroatoms. The van der Waals surface area contributed by atoms with Crippen LogP contribution in [-0.4, -0.2) is 33.7 Å². The van der Waals surface area contributed by atoms with Crippen LogP contribution in [0, 0.1) is 13.7 Å². The van der Waals surface area contributed by atoms with Gasteiger partial charge in [0.05, 0.1) is 22.2 Å². The Morgan fingerprint density at radius 1 is 1.44 bits per heavy atom. The van der Waals surface area contributed by atoms with Crippen molar-refractivity contribution in [2.45, 2.75) is 6.92 Å². The van der Waals surface area contributed by atoms with Gasteiger partial charge < -0.3 is 19.6 Å². The molecule has 1 aromatic heterocycles. The first-order chi connectivity index (χ1) is 11.9. The van der Waals surface area contributed by atoms with Gasteiger partial charge in [-0.25, -0.2) is 0 Å². The van der Waals surface area contributed by atoms with Crippen LogP contribution < -0.4 is 15.0 Å². The summed E-state index contributed by atoms with van der Waals surface area (Å²) in [5.41, 5.74) is -1.29. The van der Waals surface area contributed by atoms with E-state index in [-0.39, 0.29) is 5.82 Å². The number of aromatic amines is 1. The van der Waals surface area contributed by atoms with Crippen LogP contribution in [0.5, 0.6) is 17.4 Å². The molecule has 132 valence electrons. The van der Waals surface area contributed by atoms with Crippen molar-refractivity contribution in [3.05, 3.63) is 47.6 Å². The van der Waals surface area contributed by atoms with Crippen LogP contribution in [0.4, 0.5) is 5.69 Å². The second-order valence-electron chi connectivity index (χ2n) is 4.68. The third kappa shape index (κ3) is 4.26. The van der Waals surface area contributed by atoms with Crippen LogP contribution in [-0.2, 0) is 0 Å². The Morgan fingerprint density at radius 2 is 2.16 bits per heavy atom. The minimum atomic E-state index is -1.03. The highest BCUT2D eigenvalue weighted by Gasteiger charge is 2.21. The van der Waals surface area contributed by atoms with Gasteiger partial charge >= 0.3 is 11.2 Å². The maximum atomic E-state index is 11.6. The number of rotatable bonds is 6. The van der Waals surface area contributed by atoms with Crippen LogP contribution in [0.25, 0.3) is 12.2 Å². The van der Waals surface area contributed by atoms with Gasteiger partial charge in [-0.05, 0) is 53.3 Å². The fraction of sp³-hybridized carbons (Fsp3) is 0.200. The first kappa shape index (κ1) is 18.7. The van der Waals surface area contributed by atoms with Gasteiger partial charge in [0.25, 0.3) is 5.88 Å². The van der Waals surface area contributed by atoms with E-state index in [0.717, 1.165) is 9.13 Å². The van der Waals surface area contributed by atoms with Gasteiger partial charge in [0.1, 0.15) is 5.82 Å². The molecule has 0 bridgehead atoms. The zero-order valence-corrected chi connectivity index (χ0v) is 15.4. The summed E-state index contributed by atoms with van der Waals surface area (Å²) in [5, 5.41) is 20.2. The molecule has 2 aromatic rings. The van der Waals surface area contributed by atoms with Crippen LogP contribution >= 0.6 is 22.6 Å². The lowest BCUT2D eigenvalue weighted by atomic mass is 10.2. The largest absolute Gasteiger partial charge is 0.492 e. The van der Waals surface area contributed by atoms with Gasteiger partial charge in [-0.2, -0.15) is 4.98 Å². The number of nitro groups is 1. The fourth-order valence-electron chi connectivity index (χ4n) is 2.04. The number of ether oxygens (including phenoxy) is 2. The highest BCUT2D eigenvalue weighted by atomic mass is 127. The monoisotopic (exact) mass is 459 g/mol. The molecule has 1 heterocycles. The lowest BCUT2D eigenvalue weighted by molar-refractivity contribution is -0.387. The van der Waals surface area contributed by atoms with E-state index in [0.29, 0.717) is 18.1 Å². The minimum absolute atomic E-state index is 0.0168. The van der Waals surface area contributed by atoms with E-state index < -0.39 is 22.0 Å². The molecule has 0 atom stereocenters. The number of benzene rings is 1. The predicted octanol–water partition coefficient (Wildman–Crippen LogP) is 2.57. The molecule has 0 aliphatic rings. The number of halogens is 1. The molecule has 0 aliphatic carbocycles. The molecular formula is C15H14IN3O6.